The van der Waals surface area contributed by atoms with Gasteiger partial charge in [0.15, 0.2) is 0 Å². The second-order valence-electron chi connectivity index (χ2n) is 2.09. The van der Waals surface area contributed by atoms with Crippen LogP contribution in [0.15, 0.2) is 0 Å². The first-order valence-corrected chi connectivity index (χ1v) is 4.83. The Balaban J connectivity index is 0.000000187. The third-order valence-electron chi connectivity index (χ3n) is 0.957. The second kappa shape index (κ2) is 5.44. The maximum Gasteiger partial charge on any atom is 0.271 e. The van der Waals surface area contributed by atoms with Crippen molar-refractivity contribution in [2.24, 2.45) is 10.3 Å². The van der Waals surface area contributed by atoms with Gasteiger partial charge in [-0.05, 0) is 0 Å². The molecule has 0 bridgehead atoms. The van der Waals surface area contributed by atoms with Crippen LogP contribution < -0.4 is 20.9 Å². The first kappa shape index (κ1) is 10.8. The normalized spacial score (nSPS) is 18.4. The number of piperazine rings is 1. The summed E-state index contributed by atoms with van der Waals surface area (Å²) in [7, 11) is -3.67. The average molecular weight is 182 g/mol. The van der Waals surface area contributed by atoms with E-state index < -0.39 is 10.2 Å². The summed E-state index contributed by atoms with van der Waals surface area (Å²) in [5, 5.41) is 14.7. The zero-order valence-corrected chi connectivity index (χ0v) is 7.02. The fourth-order valence-corrected chi connectivity index (χ4v) is 0.604. The third kappa shape index (κ3) is 17.7. The van der Waals surface area contributed by atoms with Gasteiger partial charge in [0.05, 0.1) is 0 Å². The molecule has 0 aromatic heterocycles. The molecule has 0 atom stereocenters. The number of hydrogen-bond acceptors (Lipinski definition) is 4. The van der Waals surface area contributed by atoms with E-state index in [0.29, 0.717) is 0 Å². The van der Waals surface area contributed by atoms with Crippen LogP contribution in [-0.2, 0) is 10.2 Å². The maximum atomic E-state index is 9.19. The van der Waals surface area contributed by atoms with Crippen molar-refractivity contribution in [3.63, 3.8) is 0 Å². The number of nitrogens with one attached hydrogen (secondary N) is 2. The minimum absolute atomic E-state index is 1.14. The maximum absolute atomic E-state index is 9.19. The van der Waals surface area contributed by atoms with Crippen molar-refractivity contribution in [3.8, 4) is 0 Å². The smallest absolute Gasteiger partial charge is 0.271 e. The highest BCUT2D eigenvalue weighted by molar-refractivity contribution is 7.86. The Morgan fingerprint density at radius 3 is 1.18 bits per heavy atom. The molecule has 11 heavy (non-hydrogen) atoms. The average Bonchev–Trinajstić information content (AvgIpc) is 1.88. The van der Waals surface area contributed by atoms with Crippen LogP contribution in [0.1, 0.15) is 0 Å². The molecule has 1 aliphatic rings. The van der Waals surface area contributed by atoms with Gasteiger partial charge in [0.1, 0.15) is 0 Å². The summed E-state index contributed by atoms with van der Waals surface area (Å²) in [6, 6.07) is 0. The molecule has 0 aromatic rings. The molecule has 1 fully saturated rings. The van der Waals surface area contributed by atoms with Crippen molar-refractivity contribution in [2.75, 3.05) is 26.2 Å². The van der Waals surface area contributed by atoms with E-state index in [2.05, 4.69) is 20.9 Å². The fraction of sp³-hybridized carbons (Fsp3) is 1.00. The molecule has 6 N–H and O–H groups in total. The Morgan fingerprint density at radius 1 is 0.909 bits per heavy atom. The molecule has 0 spiro atoms. The summed E-state index contributed by atoms with van der Waals surface area (Å²) in [6.07, 6.45) is 0. The Bertz CT molecular complexity index is 155. The first-order valence-electron chi connectivity index (χ1n) is 3.22. The van der Waals surface area contributed by atoms with Crippen LogP contribution >= 0.6 is 0 Å². The highest BCUT2D eigenvalue weighted by Gasteiger charge is 1.91. The zero-order chi connectivity index (χ0) is 8.74. The second-order valence-corrected chi connectivity index (χ2v) is 3.27. The first-order chi connectivity index (χ1) is 5.00. The molecular formula is C4H14N4O2S. The standard InChI is InChI=1S/C4H10N2.H4N2O2S/c1-2-6-4-3-5-1;1-5(2,3)4/h5-6H,1-4H2;(H4,1,2,3,4). The van der Waals surface area contributed by atoms with E-state index in [9.17, 15) is 8.42 Å². The van der Waals surface area contributed by atoms with Gasteiger partial charge in [-0.2, -0.15) is 8.42 Å². The highest BCUT2D eigenvalue weighted by atomic mass is 32.2. The summed E-state index contributed by atoms with van der Waals surface area (Å²) in [5.74, 6) is 0. The lowest BCUT2D eigenvalue weighted by Gasteiger charge is -2.11. The molecule has 0 aliphatic carbocycles. The molecule has 6 nitrogen and oxygen atoms in total. The largest absolute Gasteiger partial charge is 0.314 e. The Hall–Kier alpha value is -0.210. The topological polar surface area (TPSA) is 110 Å². The summed E-state index contributed by atoms with van der Waals surface area (Å²) in [6.45, 7) is 4.56. The molecule has 0 aromatic carbocycles. The van der Waals surface area contributed by atoms with Crippen molar-refractivity contribution in [2.45, 2.75) is 0 Å². The molecule has 1 heterocycles. The van der Waals surface area contributed by atoms with Crippen molar-refractivity contribution < 1.29 is 8.42 Å². The van der Waals surface area contributed by atoms with E-state index in [4.69, 9.17) is 0 Å². The van der Waals surface area contributed by atoms with E-state index in [1.54, 1.807) is 0 Å². The lowest BCUT2D eigenvalue weighted by atomic mass is 10.4. The monoisotopic (exact) mass is 182 g/mol. The molecule has 0 unspecified atom stereocenters. The van der Waals surface area contributed by atoms with Gasteiger partial charge in [-0.15, -0.1) is 0 Å². The summed E-state index contributed by atoms with van der Waals surface area (Å²) >= 11 is 0. The predicted molar refractivity (Wildman–Crippen MR) is 43.0 cm³/mol. The van der Waals surface area contributed by atoms with Crippen LogP contribution in [0.25, 0.3) is 0 Å². The predicted octanol–water partition coefficient (Wildman–Crippen LogP) is -2.67. The summed E-state index contributed by atoms with van der Waals surface area (Å²) in [5.41, 5.74) is 0. The van der Waals surface area contributed by atoms with Gasteiger partial charge in [-0.25, -0.2) is 10.3 Å². The van der Waals surface area contributed by atoms with E-state index >= 15 is 0 Å². The van der Waals surface area contributed by atoms with Crippen LogP contribution in [0.4, 0.5) is 0 Å². The number of rotatable bonds is 0. The highest BCUT2D eigenvalue weighted by Crippen LogP contribution is 1.65. The van der Waals surface area contributed by atoms with Gasteiger partial charge < -0.3 is 10.6 Å². The summed E-state index contributed by atoms with van der Waals surface area (Å²) in [4.78, 5) is 0. The van der Waals surface area contributed by atoms with Gasteiger partial charge in [0, 0.05) is 26.2 Å². The Labute approximate surface area is 66.5 Å². The van der Waals surface area contributed by atoms with Crippen LogP contribution in [0, 0.1) is 0 Å². The van der Waals surface area contributed by atoms with E-state index in [1.165, 1.54) is 0 Å². The van der Waals surface area contributed by atoms with Crippen LogP contribution in [-0.4, -0.2) is 34.6 Å². The molecule has 1 aliphatic heterocycles. The van der Waals surface area contributed by atoms with Gasteiger partial charge in [0.2, 0.25) is 0 Å². The Morgan fingerprint density at radius 2 is 1.09 bits per heavy atom. The molecule has 7 heteroatoms. The lowest BCUT2D eigenvalue weighted by molar-refractivity contribution is 0.534. The van der Waals surface area contributed by atoms with Crippen molar-refractivity contribution >= 4 is 10.2 Å². The fourth-order valence-electron chi connectivity index (χ4n) is 0.604. The van der Waals surface area contributed by atoms with Crippen LogP contribution in [0.5, 0.6) is 0 Å². The Kier molecular flexibility index (Phi) is 5.34. The number of nitrogens with two attached hydrogens (primary N) is 2. The summed E-state index contributed by atoms with van der Waals surface area (Å²) < 4.78 is 18.4. The van der Waals surface area contributed by atoms with Crippen molar-refractivity contribution in [1.82, 2.24) is 10.6 Å². The molecule has 1 rings (SSSR count). The minimum Gasteiger partial charge on any atom is -0.314 e. The van der Waals surface area contributed by atoms with Crippen LogP contribution in [0.3, 0.4) is 0 Å². The van der Waals surface area contributed by atoms with Crippen molar-refractivity contribution in [3.05, 3.63) is 0 Å². The molecule has 1 saturated heterocycles. The van der Waals surface area contributed by atoms with Gasteiger partial charge in [0.25, 0.3) is 10.2 Å². The molecule has 0 saturated carbocycles. The van der Waals surface area contributed by atoms with E-state index in [1.807, 2.05) is 0 Å². The quantitative estimate of drug-likeness (QED) is 0.327. The lowest BCUT2D eigenvalue weighted by Crippen LogP contribution is -2.39. The molecule has 68 valence electrons. The van der Waals surface area contributed by atoms with Gasteiger partial charge in [-0.1, -0.05) is 0 Å². The van der Waals surface area contributed by atoms with Gasteiger partial charge >= 0.3 is 0 Å². The number of hydrogen-bond donors (Lipinski definition) is 4. The van der Waals surface area contributed by atoms with Crippen LogP contribution in [0.2, 0.25) is 0 Å². The molecular weight excluding hydrogens is 168 g/mol. The molecule has 0 amide bonds. The molecule has 0 radical (unpaired) electrons. The van der Waals surface area contributed by atoms with E-state index in [0.717, 1.165) is 26.2 Å². The minimum atomic E-state index is -3.67. The third-order valence-corrected chi connectivity index (χ3v) is 0.957. The SMILES string of the molecule is C1CNCCN1.NS(N)(=O)=O. The van der Waals surface area contributed by atoms with Gasteiger partial charge in [-0.3, -0.25) is 0 Å². The van der Waals surface area contributed by atoms with E-state index in [-0.39, 0.29) is 0 Å². The zero-order valence-electron chi connectivity index (χ0n) is 6.21. The van der Waals surface area contributed by atoms with Crippen molar-refractivity contribution in [1.29, 1.82) is 0 Å².